The lowest BCUT2D eigenvalue weighted by atomic mass is 10.2. The molecule has 1 aromatic carbocycles. The minimum absolute atomic E-state index is 0.0305. The lowest BCUT2D eigenvalue weighted by Crippen LogP contribution is -2.33. The van der Waals surface area contributed by atoms with Gasteiger partial charge in [-0.25, -0.2) is 4.79 Å². The highest BCUT2D eigenvalue weighted by Gasteiger charge is 2.11. The van der Waals surface area contributed by atoms with Crippen molar-refractivity contribution in [2.24, 2.45) is 0 Å². The summed E-state index contributed by atoms with van der Waals surface area (Å²) in [6, 6.07) is 12.5. The summed E-state index contributed by atoms with van der Waals surface area (Å²) in [5, 5.41) is 13.3. The van der Waals surface area contributed by atoms with Crippen LogP contribution in [0.4, 0.5) is 0 Å². The van der Waals surface area contributed by atoms with Crippen LogP contribution in [-0.2, 0) is 4.74 Å². The summed E-state index contributed by atoms with van der Waals surface area (Å²) in [6.07, 6.45) is 1.06. The van der Waals surface area contributed by atoms with Crippen molar-refractivity contribution in [2.45, 2.75) is 26.0 Å². The minimum Gasteiger partial charge on any atom is -0.491 e. The van der Waals surface area contributed by atoms with Gasteiger partial charge in [0, 0.05) is 18.8 Å². The Bertz CT molecular complexity index is 663. The normalized spacial score (nSPS) is 13.1. The van der Waals surface area contributed by atoms with Gasteiger partial charge in [-0.3, -0.25) is 4.98 Å². The molecule has 0 saturated heterocycles. The molecular formula is C19H24N2O4. The monoisotopic (exact) mass is 344 g/mol. The maximum atomic E-state index is 11.7. The zero-order valence-electron chi connectivity index (χ0n) is 14.5. The van der Waals surface area contributed by atoms with Crippen molar-refractivity contribution >= 4 is 5.97 Å². The lowest BCUT2D eigenvalue weighted by molar-refractivity contribution is 0.0525. The Balaban J connectivity index is 1.79. The highest BCUT2D eigenvalue weighted by Crippen LogP contribution is 2.15. The van der Waals surface area contributed by atoms with Crippen LogP contribution >= 0.6 is 0 Å². The predicted molar refractivity (Wildman–Crippen MR) is 94.6 cm³/mol. The molecule has 0 amide bonds. The van der Waals surface area contributed by atoms with Crippen LogP contribution in [0.1, 0.15) is 35.9 Å². The molecule has 1 aromatic heterocycles. The molecule has 0 aliphatic heterocycles. The highest BCUT2D eigenvalue weighted by atomic mass is 16.5. The van der Waals surface area contributed by atoms with Crippen molar-refractivity contribution in [1.29, 1.82) is 0 Å². The molecule has 0 bridgehead atoms. The number of pyridine rings is 1. The molecule has 0 fully saturated rings. The van der Waals surface area contributed by atoms with Crippen LogP contribution in [0.5, 0.6) is 5.75 Å². The number of aromatic nitrogens is 1. The average molecular weight is 344 g/mol. The molecule has 1 heterocycles. The van der Waals surface area contributed by atoms with Gasteiger partial charge < -0.3 is 19.9 Å². The number of carbonyl (C=O) groups excluding carboxylic acids is 1. The number of nitrogens with zero attached hydrogens (tertiary/aromatic N) is 1. The number of ether oxygens (including phenoxy) is 2. The Morgan fingerprint density at radius 1 is 1.28 bits per heavy atom. The molecule has 25 heavy (non-hydrogen) atoms. The van der Waals surface area contributed by atoms with Gasteiger partial charge in [0.15, 0.2) is 0 Å². The van der Waals surface area contributed by atoms with Gasteiger partial charge >= 0.3 is 5.97 Å². The van der Waals surface area contributed by atoms with Crippen LogP contribution in [0.3, 0.4) is 0 Å². The van der Waals surface area contributed by atoms with E-state index in [4.69, 9.17) is 9.47 Å². The Labute approximate surface area is 147 Å². The number of carbonyl (C=O) groups is 1. The van der Waals surface area contributed by atoms with Gasteiger partial charge in [0.1, 0.15) is 18.5 Å². The molecule has 2 atom stereocenters. The molecule has 2 N–H and O–H groups in total. The average Bonchev–Trinajstić information content (AvgIpc) is 2.65. The molecule has 6 heteroatoms. The number of aliphatic hydroxyl groups is 1. The summed E-state index contributed by atoms with van der Waals surface area (Å²) in [5.41, 5.74) is 1.34. The van der Waals surface area contributed by atoms with Crippen molar-refractivity contribution < 1.29 is 19.4 Å². The zero-order valence-corrected chi connectivity index (χ0v) is 14.5. The first-order chi connectivity index (χ1) is 12.1. The molecule has 0 aliphatic carbocycles. The van der Waals surface area contributed by atoms with Gasteiger partial charge in [0.25, 0.3) is 0 Å². The molecule has 2 rings (SSSR count). The van der Waals surface area contributed by atoms with Crippen LogP contribution in [0.25, 0.3) is 0 Å². The Morgan fingerprint density at radius 3 is 2.84 bits per heavy atom. The van der Waals surface area contributed by atoms with Crippen molar-refractivity contribution in [3.8, 4) is 5.75 Å². The Kier molecular flexibility index (Phi) is 7.37. The van der Waals surface area contributed by atoms with Crippen LogP contribution in [0, 0.1) is 0 Å². The van der Waals surface area contributed by atoms with E-state index in [2.05, 4.69) is 10.3 Å². The highest BCUT2D eigenvalue weighted by molar-refractivity contribution is 5.89. The maximum Gasteiger partial charge on any atom is 0.338 e. The third kappa shape index (κ3) is 6.17. The van der Waals surface area contributed by atoms with Crippen molar-refractivity contribution in [2.75, 3.05) is 19.8 Å². The van der Waals surface area contributed by atoms with Gasteiger partial charge in [-0.1, -0.05) is 12.1 Å². The Morgan fingerprint density at radius 2 is 2.12 bits per heavy atom. The number of rotatable bonds is 9. The van der Waals surface area contributed by atoms with E-state index in [9.17, 15) is 9.90 Å². The predicted octanol–water partition coefficient (Wildman–Crippen LogP) is 2.35. The van der Waals surface area contributed by atoms with Gasteiger partial charge in [0.2, 0.25) is 0 Å². The van der Waals surface area contributed by atoms with E-state index in [0.717, 1.165) is 5.69 Å². The van der Waals surface area contributed by atoms with Crippen LogP contribution in [0.2, 0.25) is 0 Å². The van der Waals surface area contributed by atoms with Gasteiger partial charge in [-0.15, -0.1) is 0 Å². The number of hydrogen-bond acceptors (Lipinski definition) is 6. The number of hydrogen-bond donors (Lipinski definition) is 2. The fourth-order valence-corrected chi connectivity index (χ4v) is 2.23. The van der Waals surface area contributed by atoms with Gasteiger partial charge in [0.05, 0.1) is 17.9 Å². The number of benzene rings is 1. The topological polar surface area (TPSA) is 80.7 Å². The summed E-state index contributed by atoms with van der Waals surface area (Å²) in [7, 11) is 0. The standard InChI is InChI=1S/C19H24N2O4/c1-3-24-19(23)15-7-6-8-17(11-15)25-13-16(22)12-21-14(2)18-9-4-5-10-20-18/h4-11,14,16,21-22H,3,12-13H2,1-2H3/t14-,16-/m1/s1. The largest absolute Gasteiger partial charge is 0.491 e. The fourth-order valence-electron chi connectivity index (χ4n) is 2.23. The van der Waals surface area contributed by atoms with E-state index in [-0.39, 0.29) is 18.6 Å². The molecule has 0 saturated carbocycles. The molecule has 0 spiro atoms. The summed E-state index contributed by atoms with van der Waals surface area (Å²) in [6.45, 7) is 4.55. The summed E-state index contributed by atoms with van der Waals surface area (Å²) in [4.78, 5) is 16.0. The molecule has 6 nitrogen and oxygen atoms in total. The fraction of sp³-hybridized carbons (Fsp3) is 0.368. The summed E-state index contributed by atoms with van der Waals surface area (Å²) < 4.78 is 10.5. The summed E-state index contributed by atoms with van der Waals surface area (Å²) >= 11 is 0. The molecule has 0 aliphatic rings. The molecule has 0 radical (unpaired) electrons. The van der Waals surface area contributed by atoms with Crippen molar-refractivity contribution in [3.63, 3.8) is 0 Å². The molecule has 2 aromatic rings. The van der Waals surface area contributed by atoms with Gasteiger partial charge in [-0.05, 0) is 44.2 Å². The van der Waals surface area contributed by atoms with E-state index in [1.54, 1.807) is 37.4 Å². The third-order valence-electron chi connectivity index (χ3n) is 3.58. The van der Waals surface area contributed by atoms with E-state index < -0.39 is 6.10 Å². The molecular weight excluding hydrogens is 320 g/mol. The van der Waals surface area contributed by atoms with Gasteiger partial charge in [-0.2, -0.15) is 0 Å². The first kappa shape index (κ1) is 18.9. The molecule has 0 unspecified atom stereocenters. The second kappa shape index (κ2) is 9.76. The van der Waals surface area contributed by atoms with E-state index in [1.165, 1.54) is 0 Å². The van der Waals surface area contributed by atoms with E-state index in [0.29, 0.717) is 24.5 Å². The second-order valence-electron chi connectivity index (χ2n) is 5.60. The van der Waals surface area contributed by atoms with Crippen molar-refractivity contribution in [1.82, 2.24) is 10.3 Å². The van der Waals surface area contributed by atoms with Crippen molar-refractivity contribution in [3.05, 3.63) is 59.9 Å². The maximum absolute atomic E-state index is 11.7. The number of esters is 1. The minimum atomic E-state index is -0.683. The van der Waals surface area contributed by atoms with Crippen LogP contribution in [0.15, 0.2) is 48.7 Å². The molecule has 134 valence electrons. The van der Waals surface area contributed by atoms with Crippen LogP contribution in [-0.4, -0.2) is 41.9 Å². The number of nitrogens with one attached hydrogen (secondary N) is 1. The lowest BCUT2D eigenvalue weighted by Gasteiger charge is -2.17. The van der Waals surface area contributed by atoms with Crippen LogP contribution < -0.4 is 10.1 Å². The SMILES string of the molecule is CCOC(=O)c1cccc(OC[C@H](O)CN[C@H](C)c2ccccn2)c1. The zero-order chi connectivity index (χ0) is 18.1. The van der Waals surface area contributed by atoms with E-state index >= 15 is 0 Å². The third-order valence-corrected chi connectivity index (χ3v) is 3.58. The Hall–Kier alpha value is -2.44. The van der Waals surface area contributed by atoms with E-state index in [1.807, 2.05) is 25.1 Å². The summed E-state index contributed by atoms with van der Waals surface area (Å²) in [5.74, 6) is 0.127. The quantitative estimate of drug-likeness (QED) is 0.680. The smallest absolute Gasteiger partial charge is 0.338 e. The first-order valence-electron chi connectivity index (χ1n) is 8.32. The number of aliphatic hydroxyl groups excluding tert-OH is 1. The first-order valence-corrected chi connectivity index (χ1v) is 8.32. The second-order valence-corrected chi connectivity index (χ2v) is 5.60.